The van der Waals surface area contributed by atoms with Crippen LogP contribution in [-0.2, 0) is 0 Å². The summed E-state index contributed by atoms with van der Waals surface area (Å²) in [6.45, 7) is 3.07. The third kappa shape index (κ3) is 16.3. The van der Waals surface area contributed by atoms with E-state index in [2.05, 4.69) is 6.92 Å². The molecule has 0 saturated heterocycles. The Hall–Kier alpha value is -0.0800. The lowest BCUT2D eigenvalue weighted by Gasteiger charge is -2.14. The van der Waals surface area contributed by atoms with E-state index in [1.54, 1.807) is 0 Å². The zero-order valence-electron chi connectivity index (χ0n) is 15.2. The van der Waals surface area contributed by atoms with Crippen molar-refractivity contribution in [1.29, 1.82) is 0 Å². The number of hydrogen-bond acceptors (Lipinski definition) is 2. The summed E-state index contributed by atoms with van der Waals surface area (Å²) in [5.41, 5.74) is 0. The molecule has 22 heavy (non-hydrogen) atoms. The molecule has 2 N–H and O–H groups in total. The quantitative estimate of drug-likeness (QED) is 0.312. The van der Waals surface area contributed by atoms with Crippen LogP contribution in [0.4, 0.5) is 0 Å². The van der Waals surface area contributed by atoms with E-state index in [0.717, 1.165) is 18.8 Å². The van der Waals surface area contributed by atoms with Crippen molar-refractivity contribution in [3.05, 3.63) is 0 Å². The van der Waals surface area contributed by atoms with Crippen LogP contribution in [0.3, 0.4) is 0 Å². The molecule has 0 aliphatic rings. The summed E-state index contributed by atoms with van der Waals surface area (Å²) in [7, 11) is 0. The Morgan fingerprint density at radius 3 is 1.14 bits per heavy atom. The van der Waals surface area contributed by atoms with Gasteiger partial charge in [-0.15, -0.1) is 0 Å². The zero-order valence-corrected chi connectivity index (χ0v) is 15.2. The van der Waals surface area contributed by atoms with Crippen molar-refractivity contribution in [2.45, 2.75) is 110 Å². The van der Waals surface area contributed by atoms with Crippen molar-refractivity contribution in [2.75, 3.05) is 13.2 Å². The van der Waals surface area contributed by atoms with Gasteiger partial charge in [-0.05, 0) is 18.8 Å². The molecule has 0 aromatic rings. The van der Waals surface area contributed by atoms with Gasteiger partial charge in [-0.1, -0.05) is 96.8 Å². The van der Waals surface area contributed by atoms with E-state index in [1.807, 2.05) is 0 Å². The Morgan fingerprint density at radius 2 is 0.818 bits per heavy atom. The molecule has 0 heterocycles. The molecule has 2 heteroatoms. The molecule has 0 bridgehead atoms. The van der Waals surface area contributed by atoms with Gasteiger partial charge in [0.25, 0.3) is 0 Å². The second-order valence-corrected chi connectivity index (χ2v) is 6.90. The van der Waals surface area contributed by atoms with Gasteiger partial charge >= 0.3 is 0 Å². The second kappa shape index (κ2) is 19.0. The van der Waals surface area contributed by atoms with E-state index in [9.17, 15) is 0 Å². The molecule has 0 rings (SSSR count). The molecule has 134 valence electrons. The van der Waals surface area contributed by atoms with E-state index in [-0.39, 0.29) is 0 Å². The van der Waals surface area contributed by atoms with E-state index in [0.29, 0.717) is 13.2 Å². The van der Waals surface area contributed by atoms with Gasteiger partial charge in [-0.2, -0.15) is 0 Å². The monoisotopic (exact) mass is 314 g/mol. The molecule has 0 spiro atoms. The maximum Gasteiger partial charge on any atom is 0.0431 e. The molecule has 0 radical (unpaired) electrons. The largest absolute Gasteiger partial charge is 0.396 e. The third-order valence-electron chi connectivity index (χ3n) is 4.87. The summed E-state index contributed by atoms with van der Waals surface area (Å²) in [5.74, 6) is 0.947. The second-order valence-electron chi connectivity index (χ2n) is 6.90. The summed E-state index contributed by atoms with van der Waals surface area (Å²) < 4.78 is 0. The highest BCUT2D eigenvalue weighted by Crippen LogP contribution is 2.21. The van der Waals surface area contributed by atoms with Gasteiger partial charge in [0.15, 0.2) is 0 Å². The lowest BCUT2D eigenvalue weighted by Crippen LogP contribution is -1.99. The highest BCUT2D eigenvalue weighted by Gasteiger charge is 2.05. The van der Waals surface area contributed by atoms with Crippen LogP contribution in [0.1, 0.15) is 110 Å². The predicted molar refractivity (Wildman–Crippen MR) is 97.2 cm³/mol. The SMILES string of the molecule is CCC(CCCCCCCO)CCCCCCCCCCO. The molecular formula is C20H42O2. The van der Waals surface area contributed by atoms with E-state index in [4.69, 9.17) is 10.2 Å². The van der Waals surface area contributed by atoms with Crippen molar-refractivity contribution in [2.24, 2.45) is 5.92 Å². The molecule has 0 fully saturated rings. The fourth-order valence-electron chi connectivity index (χ4n) is 3.23. The van der Waals surface area contributed by atoms with Crippen molar-refractivity contribution in [1.82, 2.24) is 0 Å². The Kier molecular flexibility index (Phi) is 18.9. The Morgan fingerprint density at radius 1 is 0.500 bits per heavy atom. The number of rotatable bonds is 18. The van der Waals surface area contributed by atoms with E-state index in [1.165, 1.54) is 89.9 Å². The van der Waals surface area contributed by atoms with Crippen molar-refractivity contribution in [3.8, 4) is 0 Å². The maximum atomic E-state index is 8.75. The number of hydrogen-bond donors (Lipinski definition) is 2. The summed E-state index contributed by atoms with van der Waals surface area (Å²) >= 11 is 0. The fraction of sp³-hybridized carbons (Fsp3) is 1.00. The Bertz CT molecular complexity index is 194. The van der Waals surface area contributed by atoms with Gasteiger partial charge in [0.2, 0.25) is 0 Å². The molecule has 0 aromatic carbocycles. The maximum absolute atomic E-state index is 8.75. The van der Waals surface area contributed by atoms with Crippen molar-refractivity contribution in [3.63, 3.8) is 0 Å². The first-order valence-electron chi connectivity index (χ1n) is 10.1. The molecule has 0 aromatic heterocycles. The minimum atomic E-state index is 0.360. The molecule has 0 aliphatic heterocycles. The minimum Gasteiger partial charge on any atom is -0.396 e. The van der Waals surface area contributed by atoms with Crippen LogP contribution in [0.25, 0.3) is 0 Å². The standard InChI is InChI=1S/C20H42O2/c1-2-20(17-13-9-7-11-15-19-22)16-12-8-5-3-4-6-10-14-18-21/h20-22H,2-19H2,1H3. The first-order valence-corrected chi connectivity index (χ1v) is 10.1. The van der Waals surface area contributed by atoms with Crippen LogP contribution in [-0.4, -0.2) is 23.4 Å². The fourth-order valence-corrected chi connectivity index (χ4v) is 3.23. The average molecular weight is 315 g/mol. The topological polar surface area (TPSA) is 40.5 Å². The van der Waals surface area contributed by atoms with Crippen molar-refractivity contribution >= 4 is 0 Å². The Balaban J connectivity index is 3.28. The van der Waals surface area contributed by atoms with Crippen LogP contribution in [0.15, 0.2) is 0 Å². The molecule has 0 aliphatic carbocycles. The lowest BCUT2D eigenvalue weighted by molar-refractivity contribution is 0.281. The smallest absolute Gasteiger partial charge is 0.0431 e. The summed E-state index contributed by atoms with van der Waals surface area (Å²) in [4.78, 5) is 0. The normalized spacial score (nSPS) is 12.7. The van der Waals surface area contributed by atoms with E-state index < -0.39 is 0 Å². The number of aliphatic hydroxyl groups excluding tert-OH is 2. The van der Waals surface area contributed by atoms with Crippen LogP contribution in [0.5, 0.6) is 0 Å². The molecule has 0 amide bonds. The van der Waals surface area contributed by atoms with Gasteiger partial charge < -0.3 is 10.2 Å². The Labute approximate surface area is 139 Å². The van der Waals surface area contributed by atoms with Gasteiger partial charge in [0, 0.05) is 13.2 Å². The van der Waals surface area contributed by atoms with E-state index >= 15 is 0 Å². The van der Waals surface area contributed by atoms with Gasteiger partial charge in [0.05, 0.1) is 0 Å². The zero-order chi connectivity index (χ0) is 16.3. The molecule has 1 atom stereocenters. The predicted octanol–water partition coefficient (Wildman–Crippen LogP) is 5.85. The average Bonchev–Trinajstić information content (AvgIpc) is 2.54. The molecule has 1 unspecified atom stereocenters. The third-order valence-corrected chi connectivity index (χ3v) is 4.87. The van der Waals surface area contributed by atoms with Crippen LogP contribution < -0.4 is 0 Å². The molecule has 2 nitrogen and oxygen atoms in total. The van der Waals surface area contributed by atoms with Crippen LogP contribution >= 0.6 is 0 Å². The lowest BCUT2D eigenvalue weighted by atomic mass is 9.92. The number of unbranched alkanes of at least 4 members (excludes halogenated alkanes) is 11. The van der Waals surface area contributed by atoms with Crippen molar-refractivity contribution < 1.29 is 10.2 Å². The van der Waals surface area contributed by atoms with Crippen LogP contribution in [0.2, 0.25) is 0 Å². The first-order chi connectivity index (χ1) is 10.8. The summed E-state index contributed by atoms with van der Waals surface area (Å²) in [6, 6.07) is 0. The van der Waals surface area contributed by atoms with Crippen LogP contribution in [0, 0.1) is 5.92 Å². The molecule has 0 saturated carbocycles. The highest BCUT2D eigenvalue weighted by atomic mass is 16.3. The summed E-state index contributed by atoms with van der Waals surface area (Å²) in [5, 5.41) is 17.5. The highest BCUT2D eigenvalue weighted by molar-refractivity contribution is 4.59. The molecular weight excluding hydrogens is 272 g/mol. The first kappa shape index (κ1) is 21.9. The minimum absolute atomic E-state index is 0.360. The number of aliphatic hydroxyl groups is 2. The van der Waals surface area contributed by atoms with Gasteiger partial charge in [-0.3, -0.25) is 0 Å². The van der Waals surface area contributed by atoms with Gasteiger partial charge in [-0.25, -0.2) is 0 Å². The summed E-state index contributed by atoms with van der Waals surface area (Å²) in [6.07, 6.45) is 20.8. The van der Waals surface area contributed by atoms with Gasteiger partial charge in [0.1, 0.15) is 0 Å².